The zero-order valence-corrected chi connectivity index (χ0v) is 76.3. The number of nitrogens with two attached hydrogens (primary N) is 4. The SMILES string of the molecule is CCCC[C@H]1C(=O)N(C)[C@@H](CCCC)C(=O)N[C@@H](CC(C)C)C(=O)N[C@H](C(=O)NCC(N)=O)CNCC(=O)N[C@@H](Cc2ccc(O)cc2)C(=O)N(C)[C@@H](C)C(=O)N[C@@H](CC(N)=O)C(=O)N2CCC[C@H]2C(=O)N[C@@H](CC(N)=O)C(=O)N[C@@H](CC(C)C)C(=O)N2CCC[C@H]2C(=O)N[C@@H](Cc2c[nH]c3ccccc23)C(=O)N[C@@H](CC(N)=O)C(=O)N[C@@H](Cc2c[nH]c3ccccc23)C(=O)N1C. The average Bonchev–Trinajstić information content (AvgIpc) is 1.62. The van der Waals surface area contributed by atoms with Crippen LogP contribution in [-0.2, 0) is 110 Å². The number of hydrogen-bond acceptors (Lipinski definition) is 21. The highest BCUT2D eigenvalue weighted by atomic mass is 16.3. The molecule has 2 aromatic heterocycles. The van der Waals surface area contributed by atoms with Crippen molar-refractivity contribution in [2.45, 2.75) is 249 Å². The van der Waals surface area contributed by atoms with Gasteiger partial charge in [0.2, 0.25) is 112 Å². The number of nitrogens with one attached hydrogen (secondary N) is 13. The smallest absolute Gasteiger partial charge is 0.246 e. The molecule has 3 aromatic carbocycles. The number of carbonyl (C=O) groups is 19. The Morgan fingerprint density at radius 2 is 0.871 bits per heavy atom. The number of fused-ring (bicyclic) bond motifs is 4. The van der Waals surface area contributed by atoms with Crippen LogP contribution in [0.25, 0.3) is 21.8 Å². The van der Waals surface area contributed by atoms with Gasteiger partial charge in [-0.25, -0.2) is 0 Å². The number of hydrogen-bond donors (Lipinski definition) is 18. The first-order chi connectivity index (χ1) is 62.6. The van der Waals surface area contributed by atoms with E-state index in [1.54, 1.807) is 88.6 Å². The van der Waals surface area contributed by atoms with Crippen molar-refractivity contribution in [3.05, 3.63) is 102 Å². The number of amides is 19. The van der Waals surface area contributed by atoms with E-state index in [1.807, 2.05) is 13.8 Å². The quantitative estimate of drug-likeness (QED) is 0.0288. The van der Waals surface area contributed by atoms with Gasteiger partial charge in [0.05, 0.1) is 32.4 Å². The molecule has 14 atom stereocenters. The van der Waals surface area contributed by atoms with Crippen LogP contribution in [-0.4, -0.2) is 290 Å². The van der Waals surface area contributed by atoms with Gasteiger partial charge in [-0.15, -0.1) is 0 Å². The first-order valence-electron chi connectivity index (χ1n) is 44.7. The Bertz CT molecular complexity index is 5020. The predicted molar refractivity (Wildman–Crippen MR) is 482 cm³/mol. The Hall–Kier alpha value is -13.6. The molecular formula is C90H128N22O20. The lowest BCUT2D eigenvalue weighted by molar-refractivity contribution is -0.149. The lowest BCUT2D eigenvalue weighted by atomic mass is 9.99. The molecule has 0 bridgehead atoms. The molecule has 8 rings (SSSR count). The summed E-state index contributed by atoms with van der Waals surface area (Å²) in [4.78, 5) is 287. The average molecular weight is 1840 g/mol. The number of carbonyl (C=O) groups excluding carboxylic acids is 19. The monoisotopic (exact) mass is 1840 g/mol. The van der Waals surface area contributed by atoms with Crippen LogP contribution in [0.15, 0.2) is 85.2 Å². The second-order valence-electron chi connectivity index (χ2n) is 34.9. The van der Waals surface area contributed by atoms with E-state index in [0.717, 1.165) is 14.7 Å². The van der Waals surface area contributed by atoms with Gasteiger partial charge in [0, 0.05) is 94.2 Å². The van der Waals surface area contributed by atoms with E-state index >= 15 is 33.6 Å². The van der Waals surface area contributed by atoms with Crippen molar-refractivity contribution in [1.29, 1.82) is 0 Å². The van der Waals surface area contributed by atoms with Crippen LogP contribution in [0, 0.1) is 11.8 Å². The number of aromatic amines is 2. The molecule has 42 nitrogen and oxygen atoms in total. The van der Waals surface area contributed by atoms with E-state index in [0.29, 0.717) is 64.2 Å². The molecule has 5 aromatic rings. The molecule has 0 saturated carbocycles. The Morgan fingerprint density at radius 3 is 1.39 bits per heavy atom. The molecule has 22 N–H and O–H groups in total. The van der Waals surface area contributed by atoms with Gasteiger partial charge in [0.25, 0.3) is 0 Å². The molecule has 3 aliphatic rings. The number of benzene rings is 3. The number of primary amides is 4. The Balaban J connectivity index is 1.20. The Kier molecular flexibility index (Phi) is 38.5. The van der Waals surface area contributed by atoms with Crippen LogP contribution in [0.5, 0.6) is 5.75 Å². The lowest BCUT2D eigenvalue weighted by Gasteiger charge is -2.36. The lowest BCUT2D eigenvalue weighted by Crippen LogP contribution is -2.61. The fourth-order valence-electron chi connectivity index (χ4n) is 16.6. The molecule has 5 heterocycles. The zero-order chi connectivity index (χ0) is 97.1. The van der Waals surface area contributed by atoms with Gasteiger partial charge in [-0.1, -0.05) is 116 Å². The highest BCUT2D eigenvalue weighted by Gasteiger charge is 2.46. The number of rotatable bonds is 25. The van der Waals surface area contributed by atoms with E-state index in [2.05, 4.69) is 68.5 Å². The summed E-state index contributed by atoms with van der Waals surface area (Å²) in [5.74, 6) is -19.3. The van der Waals surface area contributed by atoms with Crippen LogP contribution >= 0.6 is 0 Å². The summed E-state index contributed by atoms with van der Waals surface area (Å²) in [6.07, 6.45) is 1.60. The number of unbranched alkanes of at least 4 members (excludes halogenated alkanes) is 2. The van der Waals surface area contributed by atoms with E-state index in [1.165, 1.54) is 62.1 Å². The maximum Gasteiger partial charge on any atom is 0.246 e. The van der Waals surface area contributed by atoms with Gasteiger partial charge < -0.3 is 121 Å². The topological polar surface area (TPSA) is 629 Å². The van der Waals surface area contributed by atoms with Crippen molar-refractivity contribution in [2.24, 2.45) is 34.8 Å². The van der Waals surface area contributed by atoms with E-state index < -0.39 is 236 Å². The summed E-state index contributed by atoms with van der Waals surface area (Å²) in [7, 11) is 3.91. The molecule has 132 heavy (non-hydrogen) atoms. The summed E-state index contributed by atoms with van der Waals surface area (Å²) in [6, 6.07) is -2.32. The van der Waals surface area contributed by atoms with Crippen molar-refractivity contribution >= 4 is 134 Å². The summed E-state index contributed by atoms with van der Waals surface area (Å²) in [6.45, 7) is 9.69. The van der Waals surface area contributed by atoms with Gasteiger partial charge in [-0.2, -0.15) is 0 Å². The van der Waals surface area contributed by atoms with Crippen LogP contribution in [0.3, 0.4) is 0 Å². The second-order valence-corrected chi connectivity index (χ2v) is 34.9. The van der Waals surface area contributed by atoms with Crippen LogP contribution in [0.2, 0.25) is 0 Å². The normalized spacial score (nSPS) is 24.5. The zero-order valence-electron chi connectivity index (χ0n) is 76.3. The molecule has 3 fully saturated rings. The van der Waals surface area contributed by atoms with Crippen molar-refractivity contribution in [3.63, 3.8) is 0 Å². The molecule has 42 heteroatoms. The van der Waals surface area contributed by atoms with Crippen molar-refractivity contribution in [2.75, 3.05) is 53.9 Å². The maximum absolute atomic E-state index is 15.8. The first-order valence-corrected chi connectivity index (χ1v) is 44.7. The van der Waals surface area contributed by atoms with Crippen LogP contribution in [0.4, 0.5) is 0 Å². The molecule has 718 valence electrons. The number of aromatic nitrogens is 2. The third-order valence-corrected chi connectivity index (χ3v) is 23.8. The van der Waals surface area contributed by atoms with E-state index in [9.17, 15) is 62.6 Å². The molecule has 0 radical (unpaired) electrons. The molecule has 3 saturated heterocycles. The summed E-state index contributed by atoms with van der Waals surface area (Å²) in [5.41, 5.74) is 25.3. The molecule has 0 spiro atoms. The van der Waals surface area contributed by atoms with Crippen molar-refractivity contribution in [3.8, 4) is 5.75 Å². The predicted octanol–water partition coefficient (Wildman–Crippen LogP) is -2.47. The summed E-state index contributed by atoms with van der Waals surface area (Å²) >= 11 is 0. The number of phenolic OH excluding ortho intramolecular Hbond substituents is 1. The first kappa shape index (κ1) is 104. The van der Waals surface area contributed by atoms with Crippen molar-refractivity contribution < 1.29 is 96.2 Å². The summed E-state index contributed by atoms with van der Waals surface area (Å²) in [5, 5.41) is 40.3. The third kappa shape index (κ3) is 29.0. The highest BCUT2D eigenvalue weighted by Crippen LogP contribution is 2.28. The maximum atomic E-state index is 15.8. The Morgan fingerprint density at radius 1 is 0.447 bits per heavy atom. The van der Waals surface area contributed by atoms with Gasteiger partial charge in [0.15, 0.2) is 0 Å². The second kappa shape index (κ2) is 48.9. The van der Waals surface area contributed by atoms with Gasteiger partial charge in [-0.3, -0.25) is 91.1 Å². The largest absolute Gasteiger partial charge is 0.508 e. The van der Waals surface area contributed by atoms with Crippen LogP contribution in [0.1, 0.15) is 161 Å². The molecule has 0 aliphatic carbocycles. The fraction of sp³-hybridized carbons (Fsp3) is 0.544. The van der Waals surface area contributed by atoms with Gasteiger partial charge >= 0.3 is 0 Å². The van der Waals surface area contributed by atoms with E-state index in [-0.39, 0.29) is 101 Å². The Labute approximate surface area is 764 Å². The fourth-order valence-corrected chi connectivity index (χ4v) is 16.6. The number of para-hydroxylation sites is 2. The number of nitrogens with zero attached hydrogens (tertiary/aromatic N) is 5. The minimum absolute atomic E-state index is 0.00183. The minimum Gasteiger partial charge on any atom is -0.508 e. The standard InChI is InChI=1S/C90H128N22O20/c1-11-13-25-68-83(125)101-59(35-48(3)4)79(121)107-67(78(120)98-46-75(94)117)45-95-47-76(118)99-64(37-51-29-31-54(113)32-30-51)86(128)108(8)50(7)77(119)104-66(42-74(93)116)89(131)112-34-20-28-70(112)85(127)103-62(41-73(92)115)82(124)105-63(36-49(5)6)88(130)111-33-19-27-69(111)84(126)102-60(38-52-43-96-57-23-17-15-21-55(52)57)80(122)100-61(40-72(91)114)81(123)106-65(39-53-44-97-58-24-18-16-22-56(53)58)87(129)110(10)71(26-14-12-2)90(132)109(68)9/h15-18,21-24,29-32,43-44,48-50,59-71,95-97,113H,11-14,19-20,25-28,33-42,45-47H2,1-10H3,(H2,91,114)(H2,92,115)(H2,93,116)(H2,94,117)(H,98,120)(H,99,118)(H,100,122)(H,101,125)(H,102,126)(H,103,127)(H,104,119)(H,105,124)(H,106,123)(H,107,121)/t50-,59-,60-,61-,62-,63-,64-,65-,66-,67-,68-,69-,70-,71-/m0/s1. The summed E-state index contributed by atoms with van der Waals surface area (Å²) < 4.78 is 0. The molecule has 0 unspecified atom stereocenters. The highest BCUT2D eigenvalue weighted by molar-refractivity contribution is 6.03. The van der Waals surface area contributed by atoms with Gasteiger partial charge in [-0.05, 0) is 111 Å². The molecule has 19 amide bonds. The number of phenols is 1. The number of aromatic hydroxyl groups is 1. The number of H-pyrrole nitrogens is 2. The molecular weight excluding hydrogens is 1710 g/mol. The number of likely N-dealkylation sites (N-methyl/N-ethyl adjacent to an activating group) is 3. The van der Waals surface area contributed by atoms with Crippen LogP contribution < -0.4 is 81.4 Å². The van der Waals surface area contributed by atoms with Crippen molar-refractivity contribution in [1.82, 2.24) is 93.0 Å². The van der Waals surface area contributed by atoms with Gasteiger partial charge in [0.1, 0.15) is 90.3 Å². The minimum atomic E-state index is -1.89. The third-order valence-electron chi connectivity index (χ3n) is 23.8. The molecule has 3 aliphatic heterocycles. The van der Waals surface area contributed by atoms with E-state index in [4.69, 9.17) is 22.9 Å².